The Morgan fingerprint density at radius 1 is 1.21 bits per heavy atom. The van der Waals surface area contributed by atoms with Crippen LogP contribution in [0.3, 0.4) is 0 Å². The summed E-state index contributed by atoms with van der Waals surface area (Å²) < 4.78 is 35.9. The number of aromatic nitrogens is 1. The number of aliphatic imine (C=N–C) groups is 1. The number of amides is 1. The highest BCUT2D eigenvalue weighted by Gasteiger charge is 2.26. The molecule has 0 aliphatic heterocycles. The summed E-state index contributed by atoms with van der Waals surface area (Å²) in [5.41, 5.74) is -0.937. The van der Waals surface area contributed by atoms with Crippen LogP contribution in [-0.2, 0) is 26.6 Å². The molecule has 1 aromatic heterocycles. The molecule has 0 spiro atoms. The minimum absolute atomic E-state index is 0.103. The Bertz CT molecular complexity index is 629. The van der Waals surface area contributed by atoms with Crippen LogP contribution in [0.4, 0.5) is 13.6 Å². The molecule has 24 heavy (non-hydrogen) atoms. The van der Waals surface area contributed by atoms with Crippen LogP contribution < -0.4 is 0 Å². The number of hydrogen-bond donors (Lipinski definition) is 0. The van der Waals surface area contributed by atoms with E-state index in [9.17, 15) is 18.4 Å². The highest BCUT2D eigenvalue weighted by atomic mass is 19.3. The summed E-state index contributed by atoms with van der Waals surface area (Å²) in [5.74, 6) is -3.88. The van der Waals surface area contributed by atoms with Gasteiger partial charge in [-0.05, 0) is 32.4 Å². The molecule has 0 saturated heterocycles. The highest BCUT2D eigenvalue weighted by molar-refractivity contribution is 6.38. The zero-order valence-corrected chi connectivity index (χ0v) is 14.2. The minimum atomic E-state index is -3.06. The molecule has 0 radical (unpaired) electrons. The van der Waals surface area contributed by atoms with Crippen LogP contribution in [0.15, 0.2) is 23.3 Å². The number of rotatable bonds is 4. The average molecular weight is 342 g/mol. The normalized spacial score (nSPS) is 12.7. The van der Waals surface area contributed by atoms with Gasteiger partial charge in [0.05, 0.1) is 7.11 Å². The van der Waals surface area contributed by atoms with Crippen molar-refractivity contribution >= 4 is 17.8 Å². The Kier molecular flexibility index (Phi) is 6.11. The van der Waals surface area contributed by atoms with E-state index in [4.69, 9.17) is 4.74 Å². The van der Waals surface area contributed by atoms with Gasteiger partial charge in [0.1, 0.15) is 17.0 Å². The van der Waals surface area contributed by atoms with Crippen LogP contribution in [0.1, 0.15) is 39.0 Å². The lowest BCUT2D eigenvalue weighted by Gasteiger charge is -2.17. The van der Waals surface area contributed by atoms with E-state index in [1.165, 1.54) is 12.3 Å². The van der Waals surface area contributed by atoms with Crippen molar-refractivity contribution in [1.82, 2.24) is 4.98 Å². The molecule has 0 aliphatic carbocycles. The molecule has 132 valence electrons. The molecule has 1 amide bonds. The van der Waals surface area contributed by atoms with Crippen LogP contribution in [0.2, 0.25) is 0 Å². The van der Waals surface area contributed by atoms with E-state index in [1.54, 1.807) is 20.8 Å². The second-order valence-corrected chi connectivity index (χ2v) is 6.15. The van der Waals surface area contributed by atoms with Crippen molar-refractivity contribution in [3.05, 3.63) is 29.6 Å². The Morgan fingerprint density at radius 3 is 2.25 bits per heavy atom. The van der Waals surface area contributed by atoms with Crippen LogP contribution >= 0.6 is 0 Å². The van der Waals surface area contributed by atoms with Gasteiger partial charge >= 0.3 is 12.1 Å². The van der Waals surface area contributed by atoms with E-state index in [1.807, 2.05) is 0 Å². The summed E-state index contributed by atoms with van der Waals surface area (Å²) >= 11 is 0. The molecule has 0 aliphatic rings. The Labute approximate surface area is 138 Å². The monoisotopic (exact) mass is 342 g/mol. The maximum Gasteiger partial charge on any atom is 0.434 e. The van der Waals surface area contributed by atoms with Crippen molar-refractivity contribution < 1.29 is 27.8 Å². The van der Waals surface area contributed by atoms with Gasteiger partial charge < -0.3 is 9.47 Å². The summed E-state index contributed by atoms with van der Waals surface area (Å²) in [6.45, 7) is 5.71. The summed E-state index contributed by atoms with van der Waals surface area (Å²) in [7, 11) is 1.14. The number of alkyl halides is 2. The van der Waals surface area contributed by atoms with Gasteiger partial charge in [-0.25, -0.2) is 9.59 Å². The van der Waals surface area contributed by atoms with Crippen molar-refractivity contribution in [3.63, 3.8) is 0 Å². The number of hydrogen-bond acceptors (Lipinski definition) is 5. The lowest BCUT2D eigenvalue weighted by molar-refractivity contribution is -0.132. The molecule has 1 heterocycles. The lowest BCUT2D eigenvalue weighted by Crippen LogP contribution is -2.25. The van der Waals surface area contributed by atoms with E-state index in [-0.39, 0.29) is 12.1 Å². The third-order valence-corrected chi connectivity index (χ3v) is 2.69. The maximum absolute atomic E-state index is 13.1. The first-order chi connectivity index (χ1) is 10.9. The molecule has 0 aromatic carbocycles. The van der Waals surface area contributed by atoms with E-state index in [0.717, 1.165) is 20.1 Å². The second kappa shape index (κ2) is 7.46. The summed E-state index contributed by atoms with van der Waals surface area (Å²) in [6.07, 6.45) is 0.155. The molecule has 0 bridgehead atoms. The smallest absolute Gasteiger partial charge is 0.434 e. The number of methoxy groups -OCH3 is 1. The molecule has 1 rings (SSSR count). The Morgan fingerprint density at radius 2 is 1.83 bits per heavy atom. The van der Waals surface area contributed by atoms with E-state index in [0.29, 0.717) is 5.56 Å². The van der Waals surface area contributed by atoms with Gasteiger partial charge in [-0.3, -0.25) is 4.98 Å². The van der Waals surface area contributed by atoms with E-state index < -0.39 is 29.3 Å². The first-order valence-electron chi connectivity index (χ1n) is 7.14. The van der Waals surface area contributed by atoms with Crippen molar-refractivity contribution in [2.45, 2.75) is 45.6 Å². The number of esters is 1. The van der Waals surface area contributed by atoms with Gasteiger partial charge in [-0.15, -0.1) is 0 Å². The molecule has 8 heteroatoms. The zero-order valence-electron chi connectivity index (χ0n) is 14.2. The van der Waals surface area contributed by atoms with Crippen molar-refractivity contribution in [2.24, 2.45) is 4.99 Å². The van der Waals surface area contributed by atoms with Gasteiger partial charge in [0.2, 0.25) is 0 Å². The fourth-order valence-corrected chi connectivity index (χ4v) is 1.65. The van der Waals surface area contributed by atoms with Crippen molar-refractivity contribution in [2.75, 3.05) is 7.11 Å². The van der Waals surface area contributed by atoms with Crippen LogP contribution in [-0.4, -0.2) is 35.5 Å². The molecule has 1 aromatic rings. The predicted molar refractivity (Wildman–Crippen MR) is 83.2 cm³/mol. The van der Waals surface area contributed by atoms with Crippen LogP contribution in [0.25, 0.3) is 0 Å². The second-order valence-electron chi connectivity index (χ2n) is 6.15. The molecular weight excluding hydrogens is 322 g/mol. The SMILES string of the molecule is COC(=O)C(Cc1ccc(C(C)(F)F)nc1)=NC(=O)OC(C)(C)C. The molecule has 0 unspecified atom stereocenters. The van der Waals surface area contributed by atoms with Gasteiger partial charge in [0, 0.05) is 19.5 Å². The fourth-order valence-electron chi connectivity index (χ4n) is 1.65. The minimum Gasteiger partial charge on any atom is -0.465 e. The van der Waals surface area contributed by atoms with Crippen LogP contribution in [0, 0.1) is 0 Å². The third-order valence-electron chi connectivity index (χ3n) is 2.69. The number of halogens is 2. The largest absolute Gasteiger partial charge is 0.465 e. The van der Waals surface area contributed by atoms with Crippen molar-refractivity contribution in [1.29, 1.82) is 0 Å². The molecule has 0 fully saturated rings. The summed E-state index contributed by atoms with van der Waals surface area (Å²) in [6, 6.07) is 2.53. The van der Waals surface area contributed by atoms with Crippen LogP contribution in [0.5, 0.6) is 0 Å². The van der Waals surface area contributed by atoms with Gasteiger partial charge in [0.15, 0.2) is 0 Å². The standard InChI is InChI=1S/C16H20F2N2O4/c1-15(2,3)24-14(22)20-11(13(21)23-5)8-10-6-7-12(19-9-10)16(4,17)18/h6-7,9H,8H2,1-5H3. The quantitative estimate of drug-likeness (QED) is 0.620. The number of carbonyl (C=O) groups is 2. The fraction of sp³-hybridized carbons (Fsp3) is 0.500. The average Bonchev–Trinajstić information content (AvgIpc) is 2.43. The molecular formula is C16H20F2N2O4. The third kappa shape index (κ3) is 6.39. The summed E-state index contributed by atoms with van der Waals surface area (Å²) in [5, 5.41) is 0. The first kappa shape index (κ1) is 19.7. The number of nitrogens with zero attached hydrogens (tertiary/aromatic N) is 2. The number of carbonyl (C=O) groups excluding carboxylic acids is 2. The molecule has 0 saturated carbocycles. The summed E-state index contributed by atoms with van der Waals surface area (Å²) in [4.78, 5) is 30.7. The van der Waals surface area contributed by atoms with Gasteiger partial charge in [-0.1, -0.05) is 6.07 Å². The first-order valence-corrected chi connectivity index (χ1v) is 7.14. The predicted octanol–water partition coefficient (Wildman–Crippen LogP) is 3.28. The Balaban J connectivity index is 2.99. The molecule has 6 nitrogen and oxygen atoms in total. The highest BCUT2D eigenvalue weighted by Crippen LogP contribution is 2.24. The number of ether oxygens (including phenoxy) is 2. The Hall–Kier alpha value is -2.38. The molecule has 0 atom stereocenters. The van der Waals surface area contributed by atoms with E-state index >= 15 is 0 Å². The van der Waals surface area contributed by atoms with E-state index in [2.05, 4.69) is 14.7 Å². The van der Waals surface area contributed by atoms with Gasteiger partial charge in [0.25, 0.3) is 5.92 Å². The topological polar surface area (TPSA) is 77.9 Å². The van der Waals surface area contributed by atoms with Gasteiger partial charge in [-0.2, -0.15) is 13.8 Å². The maximum atomic E-state index is 13.1. The lowest BCUT2D eigenvalue weighted by atomic mass is 10.1. The zero-order chi connectivity index (χ0) is 18.5. The number of pyridine rings is 1. The van der Waals surface area contributed by atoms with Crippen molar-refractivity contribution in [3.8, 4) is 0 Å². The molecule has 0 N–H and O–H groups in total.